The topological polar surface area (TPSA) is 205 Å². The number of carbonyl (C=O) groups excluding carboxylic acids is 3. The molecule has 0 aliphatic carbocycles. The zero-order valence-electron chi connectivity index (χ0n) is 37.4. The first-order valence-corrected chi connectivity index (χ1v) is 21.6. The van der Waals surface area contributed by atoms with Gasteiger partial charge in [0.15, 0.2) is 22.3 Å². The Bertz CT molecular complexity index is 2710. The molecule has 1 unspecified atom stereocenters. The fourth-order valence-corrected chi connectivity index (χ4v) is 9.43. The monoisotopic (exact) mass is 881 g/mol. The first-order valence-electron chi connectivity index (χ1n) is 21.6. The van der Waals surface area contributed by atoms with Crippen LogP contribution in [0.2, 0.25) is 0 Å². The van der Waals surface area contributed by atoms with Gasteiger partial charge in [-0.25, -0.2) is 4.98 Å². The zero-order chi connectivity index (χ0) is 45.9. The van der Waals surface area contributed by atoms with E-state index in [0.717, 1.165) is 19.5 Å². The molecule has 340 valence electrons. The quantitative estimate of drug-likeness (QED) is 0.0897. The second-order valence-corrected chi connectivity index (χ2v) is 17.8. The van der Waals surface area contributed by atoms with Crippen LogP contribution in [0, 0.1) is 30.6 Å². The number of phenols is 1. The summed E-state index contributed by atoms with van der Waals surface area (Å²) < 4.78 is 43.1. The van der Waals surface area contributed by atoms with E-state index >= 15 is 0 Å². The minimum absolute atomic E-state index is 0.00659. The van der Waals surface area contributed by atoms with Gasteiger partial charge in [0.2, 0.25) is 0 Å². The number of Topliss-reactive ketones (excluding diaryl/α,β-unsaturated/α-hetero) is 1. The van der Waals surface area contributed by atoms with Crippen molar-refractivity contribution in [3.8, 4) is 17.2 Å². The molecule has 5 aliphatic rings. The third kappa shape index (κ3) is 7.90. The van der Waals surface area contributed by atoms with Crippen molar-refractivity contribution in [2.24, 2.45) is 23.7 Å². The summed E-state index contributed by atoms with van der Waals surface area (Å²) in [6, 6.07) is 5.12. The van der Waals surface area contributed by atoms with E-state index in [-0.39, 0.29) is 67.4 Å². The Labute approximate surface area is 369 Å². The van der Waals surface area contributed by atoms with E-state index < -0.39 is 71.1 Å². The molecular formula is C48H55N3O13. The molecule has 0 spiro atoms. The number of ether oxygens (including phenoxy) is 6. The normalized spacial score (nSPS) is 31.8. The fraction of sp³-hybridized carbons (Fsp3) is 0.479. The molecule has 0 radical (unpaired) electrons. The van der Waals surface area contributed by atoms with Crippen LogP contribution in [0.15, 0.2) is 63.6 Å². The summed E-state index contributed by atoms with van der Waals surface area (Å²) in [4.78, 5) is 62.7. The van der Waals surface area contributed by atoms with Gasteiger partial charge in [0.25, 0.3) is 11.7 Å². The number of likely N-dealkylation sites (tertiary alicyclic amines) is 1. The smallest absolute Gasteiger partial charge is 0.312 e. The summed E-state index contributed by atoms with van der Waals surface area (Å²) in [5, 5.41) is 26.1. The highest BCUT2D eigenvalue weighted by Crippen LogP contribution is 2.48. The minimum Gasteiger partial charge on any atom is -0.505 e. The largest absolute Gasteiger partial charge is 0.505 e. The lowest BCUT2D eigenvalue weighted by molar-refractivity contribution is -0.168. The molecule has 64 heavy (non-hydrogen) atoms. The van der Waals surface area contributed by atoms with Crippen molar-refractivity contribution in [3.63, 3.8) is 0 Å². The van der Waals surface area contributed by atoms with Gasteiger partial charge in [-0.3, -0.25) is 19.2 Å². The van der Waals surface area contributed by atoms with Crippen LogP contribution in [-0.2, 0) is 28.5 Å². The molecule has 9 rings (SSSR count). The molecule has 7 bridgehead atoms. The predicted octanol–water partition coefficient (Wildman–Crippen LogP) is 6.10. The molecule has 10 atom stereocenters. The van der Waals surface area contributed by atoms with E-state index in [1.807, 2.05) is 19.9 Å². The molecule has 0 saturated carbocycles. The van der Waals surface area contributed by atoms with E-state index in [2.05, 4.69) is 17.3 Å². The zero-order valence-corrected chi connectivity index (χ0v) is 37.4. The van der Waals surface area contributed by atoms with Crippen molar-refractivity contribution < 1.29 is 57.4 Å². The number of phenolic OH excluding ortho intramolecular Hbond substituents is 1. The van der Waals surface area contributed by atoms with Crippen molar-refractivity contribution in [2.75, 3.05) is 39.2 Å². The molecule has 16 nitrogen and oxygen atoms in total. The molecule has 1 aromatic heterocycles. The standard InChI is InChI=1S/C48H55N3O13/c1-22-11-10-12-23(2)47(57)50-37-40(55)34-33(36-44(37)62-32-19-29(13-14-30(32)49-36)59-21-28-15-17-51(8)20-28)35-42(25(4)38(34)53)64-48(7,46(35)56)60-18-16-31(58-9)24(3)43(61-27(6)52)45-39(54)26(5)41(22)63-45/h10-14,16,18-19,22,24,26,28,31,39,41,43,45,54-55H,15,17,20-21H2,1-9H3,(H,50,57)/b11-10+,18-16+,23-12-/t22-,24+,26-,28?,31-,39+,41-,43+,45+,48-/m0/s1. The maximum absolute atomic E-state index is 14.7. The lowest BCUT2D eigenvalue weighted by Gasteiger charge is -2.33. The number of aromatic hydroxyl groups is 1. The molecule has 4 aromatic rings. The Kier molecular flexibility index (Phi) is 12.1. The summed E-state index contributed by atoms with van der Waals surface area (Å²) in [6.45, 7) is 13.7. The Morgan fingerprint density at radius 2 is 1.84 bits per heavy atom. The van der Waals surface area contributed by atoms with Gasteiger partial charge in [0, 0.05) is 73.8 Å². The Balaban J connectivity index is 1.29. The van der Waals surface area contributed by atoms with Crippen LogP contribution in [-0.4, -0.2) is 108 Å². The highest BCUT2D eigenvalue weighted by atomic mass is 16.7. The van der Waals surface area contributed by atoms with E-state index in [0.29, 0.717) is 23.8 Å². The SMILES string of the molecule is CO[C@H]1/C=C/O[C@@]2(C)Oc3c(C)c(=O)c4c(O)c(c5oc6cc(OCC7CCN(C)C7)ccc6nc5c4c3C2=O)NC(=O)/C(C)=C\C=C\[C@H](C)[C@@H]2O[C@H]([C@H](O)[C@@H]2C)[C@H](OC(C)=O)[C@@H]1C. The molecule has 16 heteroatoms. The Hall–Kier alpha value is -5.81. The first-order chi connectivity index (χ1) is 30.4. The number of nitrogens with zero attached hydrogens (tertiary/aromatic N) is 2. The number of hydrogen-bond donors (Lipinski definition) is 3. The van der Waals surface area contributed by atoms with E-state index in [4.69, 9.17) is 37.8 Å². The fourth-order valence-electron chi connectivity index (χ4n) is 9.43. The second kappa shape index (κ2) is 17.3. The van der Waals surface area contributed by atoms with Crippen LogP contribution in [0.5, 0.6) is 17.2 Å². The van der Waals surface area contributed by atoms with Crippen LogP contribution >= 0.6 is 0 Å². The maximum atomic E-state index is 14.7. The van der Waals surface area contributed by atoms with Gasteiger partial charge in [0.1, 0.15) is 40.4 Å². The van der Waals surface area contributed by atoms with Crippen molar-refractivity contribution >= 4 is 56.3 Å². The van der Waals surface area contributed by atoms with E-state index in [1.54, 1.807) is 44.2 Å². The van der Waals surface area contributed by atoms with Gasteiger partial charge in [0.05, 0.1) is 42.1 Å². The summed E-state index contributed by atoms with van der Waals surface area (Å²) in [6.07, 6.45) is 4.67. The van der Waals surface area contributed by atoms with Crippen molar-refractivity contribution in [2.45, 2.75) is 91.2 Å². The van der Waals surface area contributed by atoms with Crippen LogP contribution in [0.1, 0.15) is 63.9 Å². The third-order valence-corrected chi connectivity index (χ3v) is 13.2. The number of carbonyl (C=O) groups is 3. The lowest BCUT2D eigenvalue weighted by Crippen LogP contribution is -2.46. The number of methoxy groups -OCH3 is 1. The molecule has 1 amide bonds. The molecule has 3 aromatic carbocycles. The number of nitrogens with one attached hydrogen (secondary N) is 1. The molecule has 3 N–H and O–H groups in total. The number of anilines is 1. The number of esters is 1. The summed E-state index contributed by atoms with van der Waals surface area (Å²) in [7, 11) is 3.53. The van der Waals surface area contributed by atoms with Crippen LogP contribution in [0.3, 0.4) is 0 Å². The average molecular weight is 882 g/mol. The number of hydrogen-bond acceptors (Lipinski definition) is 15. The summed E-state index contributed by atoms with van der Waals surface area (Å²) in [5.74, 6) is -5.04. The highest BCUT2D eigenvalue weighted by Gasteiger charge is 2.51. The Morgan fingerprint density at radius 1 is 1.08 bits per heavy atom. The molecular weight excluding hydrogens is 827 g/mol. The highest BCUT2D eigenvalue weighted by molar-refractivity contribution is 6.26. The maximum Gasteiger partial charge on any atom is 0.312 e. The minimum atomic E-state index is -2.03. The van der Waals surface area contributed by atoms with Crippen molar-refractivity contribution in [1.29, 1.82) is 0 Å². The summed E-state index contributed by atoms with van der Waals surface area (Å²) >= 11 is 0. The van der Waals surface area contributed by atoms with Crippen molar-refractivity contribution in [3.05, 3.63) is 75.7 Å². The van der Waals surface area contributed by atoms with Gasteiger partial charge in [-0.2, -0.15) is 0 Å². The average Bonchev–Trinajstić information content (AvgIpc) is 3.90. The number of allylic oxidation sites excluding steroid dienone is 2. The number of benzene rings is 3. The van der Waals surface area contributed by atoms with E-state index in [1.165, 1.54) is 40.2 Å². The number of aliphatic hydroxyl groups is 1. The number of aliphatic hydroxyl groups excluding tert-OH is 1. The number of aromatic nitrogens is 1. The molecule has 2 saturated heterocycles. The first kappa shape index (κ1) is 44.8. The predicted molar refractivity (Wildman–Crippen MR) is 236 cm³/mol. The van der Waals surface area contributed by atoms with Gasteiger partial charge >= 0.3 is 11.8 Å². The number of rotatable bonds is 5. The van der Waals surface area contributed by atoms with Gasteiger partial charge < -0.3 is 53.3 Å². The molecule has 2 fully saturated rings. The van der Waals surface area contributed by atoms with Crippen LogP contribution < -0.4 is 20.2 Å². The second-order valence-electron chi connectivity index (χ2n) is 17.8. The Morgan fingerprint density at radius 3 is 2.55 bits per heavy atom. The van der Waals surface area contributed by atoms with Crippen LogP contribution in [0.25, 0.3) is 33.0 Å². The number of amides is 1. The van der Waals surface area contributed by atoms with E-state index in [9.17, 15) is 29.4 Å². The number of ketones is 1. The van der Waals surface area contributed by atoms with Gasteiger partial charge in [-0.1, -0.05) is 39.0 Å². The van der Waals surface area contributed by atoms with Gasteiger partial charge in [-0.15, -0.1) is 0 Å². The summed E-state index contributed by atoms with van der Waals surface area (Å²) in [5.41, 5.74) is -0.254. The van der Waals surface area contributed by atoms with Crippen LogP contribution in [0.4, 0.5) is 5.69 Å². The molecule has 6 heterocycles. The number of fused-ring (bicyclic) bond motifs is 9. The van der Waals surface area contributed by atoms with Gasteiger partial charge in [-0.05, 0) is 52.1 Å². The lowest BCUT2D eigenvalue weighted by atomic mass is 9.86. The molecule has 5 aliphatic heterocycles. The third-order valence-electron chi connectivity index (χ3n) is 13.2. The van der Waals surface area contributed by atoms with Crippen molar-refractivity contribution in [1.82, 2.24) is 9.88 Å².